The lowest BCUT2D eigenvalue weighted by Crippen LogP contribution is -2.55. The van der Waals surface area contributed by atoms with E-state index in [-0.39, 0.29) is 0 Å². The number of hydrogen-bond donors (Lipinski definition) is 0. The number of ether oxygens (including phenoxy) is 2. The lowest BCUT2D eigenvalue weighted by Gasteiger charge is -2.38. The van der Waals surface area contributed by atoms with Crippen molar-refractivity contribution < 1.29 is 17.7 Å². The molecule has 0 amide bonds. The molecule has 0 saturated heterocycles. The topological polar surface area (TPSA) is 36.9 Å². The zero-order valence-electron chi connectivity index (χ0n) is 14.0. The number of hydrogen-bond acceptors (Lipinski definition) is 4. The van der Waals surface area contributed by atoms with Gasteiger partial charge in [-0.25, -0.2) is 0 Å². The summed E-state index contributed by atoms with van der Waals surface area (Å²) in [6.07, 6.45) is 1.47. The molecular weight excluding hydrogens is 292 g/mol. The Morgan fingerprint density at radius 1 is 0.632 bits per heavy atom. The van der Waals surface area contributed by atoms with E-state index < -0.39 is 25.2 Å². The molecule has 0 fully saturated rings. The third-order valence-electron chi connectivity index (χ3n) is 2.35. The Morgan fingerprint density at radius 3 is 1.21 bits per heavy atom. The van der Waals surface area contributed by atoms with Crippen molar-refractivity contribution in [3.8, 4) is 0 Å². The molecule has 0 spiro atoms. The first-order valence-electron chi connectivity index (χ1n) is 7.09. The Bertz CT molecular complexity index is 233. The van der Waals surface area contributed by atoms with Gasteiger partial charge in [0.1, 0.15) is 0 Å². The van der Waals surface area contributed by atoms with Crippen LogP contribution in [0.4, 0.5) is 0 Å². The quantitative estimate of drug-likeness (QED) is 0.578. The maximum Gasteiger partial charge on any atom is 0.311 e. The Labute approximate surface area is 122 Å². The van der Waals surface area contributed by atoms with Crippen LogP contribution in [0.2, 0.25) is 39.3 Å². The largest absolute Gasteiger partial charge is 0.435 e. The van der Waals surface area contributed by atoms with Crippen LogP contribution in [0, 0.1) is 0 Å². The molecule has 7 heteroatoms. The normalized spacial score (nSPS) is 13.9. The Balaban J connectivity index is 4.44. The molecule has 0 rings (SSSR count). The Morgan fingerprint density at radius 2 is 0.947 bits per heavy atom. The fourth-order valence-corrected chi connectivity index (χ4v) is 15.2. The minimum absolute atomic E-state index is 0.733. The predicted octanol–water partition coefficient (Wildman–Crippen LogP) is 3.28. The summed E-state index contributed by atoms with van der Waals surface area (Å²) in [7, 11) is -5.70. The molecule has 0 aliphatic rings. The number of rotatable bonds is 10. The molecule has 116 valence electrons. The van der Waals surface area contributed by atoms with E-state index >= 15 is 0 Å². The second kappa shape index (κ2) is 8.06. The van der Waals surface area contributed by atoms with Crippen LogP contribution in [0.25, 0.3) is 0 Å². The molecule has 0 bridgehead atoms. The average molecular weight is 325 g/mol. The van der Waals surface area contributed by atoms with Crippen molar-refractivity contribution in [2.75, 3.05) is 25.7 Å². The van der Waals surface area contributed by atoms with Gasteiger partial charge in [0.05, 0.1) is 12.5 Å². The lowest BCUT2D eigenvalue weighted by molar-refractivity contribution is 0.171. The lowest BCUT2D eigenvalue weighted by atomic mass is 10.9. The van der Waals surface area contributed by atoms with Crippen LogP contribution in [0.5, 0.6) is 0 Å². The summed E-state index contributed by atoms with van der Waals surface area (Å²) >= 11 is 0. The van der Waals surface area contributed by atoms with Crippen LogP contribution in [0.15, 0.2) is 0 Å². The van der Waals surface area contributed by atoms with Gasteiger partial charge in [-0.3, -0.25) is 0 Å². The monoisotopic (exact) mass is 324 g/mol. The van der Waals surface area contributed by atoms with Crippen molar-refractivity contribution in [2.45, 2.75) is 53.1 Å². The molecule has 0 aliphatic carbocycles. The fraction of sp³-hybridized carbons (Fsp3) is 1.00. The summed E-state index contributed by atoms with van der Waals surface area (Å²) in [5, 5.41) is 0. The molecule has 0 unspecified atom stereocenters. The van der Waals surface area contributed by atoms with Crippen LogP contribution < -0.4 is 0 Å². The summed E-state index contributed by atoms with van der Waals surface area (Å²) in [5.41, 5.74) is 0. The smallest absolute Gasteiger partial charge is 0.311 e. The third kappa shape index (κ3) is 9.94. The van der Waals surface area contributed by atoms with Gasteiger partial charge in [-0.05, 0) is 53.1 Å². The Hall–Kier alpha value is 0.491. The highest BCUT2D eigenvalue weighted by molar-refractivity contribution is 6.87. The van der Waals surface area contributed by atoms with Crippen molar-refractivity contribution >= 4 is 25.2 Å². The zero-order valence-corrected chi connectivity index (χ0v) is 17.0. The first-order valence-corrected chi connectivity index (χ1v) is 16.1. The van der Waals surface area contributed by atoms with E-state index in [1.807, 2.05) is 13.8 Å². The molecule has 4 nitrogen and oxygen atoms in total. The molecule has 0 heterocycles. The van der Waals surface area contributed by atoms with Gasteiger partial charge in [0.15, 0.2) is 0 Å². The fourth-order valence-electron chi connectivity index (χ4n) is 2.11. The highest BCUT2D eigenvalue weighted by atomic mass is 28.5. The molecule has 0 aromatic rings. The average Bonchev–Trinajstić information content (AvgIpc) is 2.20. The zero-order chi connectivity index (χ0) is 15.2. The minimum atomic E-state index is -2.11. The van der Waals surface area contributed by atoms with Gasteiger partial charge in [0.2, 0.25) is 16.6 Å². The van der Waals surface area contributed by atoms with Gasteiger partial charge in [-0.2, -0.15) is 0 Å². The third-order valence-corrected chi connectivity index (χ3v) is 12.5. The second-order valence-corrected chi connectivity index (χ2v) is 18.4. The molecule has 0 aliphatic heterocycles. The molecule has 19 heavy (non-hydrogen) atoms. The summed E-state index contributed by atoms with van der Waals surface area (Å²) < 4.78 is 23.8. The van der Waals surface area contributed by atoms with Crippen LogP contribution in [-0.4, -0.2) is 50.9 Å². The van der Waals surface area contributed by atoms with Crippen LogP contribution in [0.3, 0.4) is 0 Å². The maximum absolute atomic E-state index is 6.35. The maximum atomic E-state index is 6.35. The molecule has 0 radical (unpaired) electrons. The predicted molar refractivity (Wildman–Crippen MR) is 87.6 cm³/mol. The highest BCUT2D eigenvalue weighted by Gasteiger charge is 2.39. The first kappa shape index (κ1) is 19.5. The van der Waals surface area contributed by atoms with E-state index in [0.717, 1.165) is 25.7 Å². The van der Waals surface area contributed by atoms with Crippen molar-refractivity contribution in [1.29, 1.82) is 0 Å². The van der Waals surface area contributed by atoms with Gasteiger partial charge in [-0.1, -0.05) is 0 Å². The molecule has 0 atom stereocenters. The summed E-state index contributed by atoms with van der Waals surface area (Å²) in [6, 6.07) is 0. The van der Waals surface area contributed by atoms with E-state index in [1.54, 1.807) is 0 Å². The van der Waals surface area contributed by atoms with E-state index in [0.29, 0.717) is 0 Å². The van der Waals surface area contributed by atoms with Gasteiger partial charge in [0, 0.05) is 13.2 Å². The van der Waals surface area contributed by atoms with E-state index in [9.17, 15) is 0 Å². The molecule has 0 aromatic carbocycles. The summed E-state index contributed by atoms with van der Waals surface area (Å²) in [5.74, 6) is 0. The van der Waals surface area contributed by atoms with Gasteiger partial charge in [0.25, 0.3) is 0 Å². The molecule has 0 aromatic heterocycles. The molecule has 0 saturated carbocycles. The Kier molecular flexibility index (Phi) is 8.27. The van der Waals surface area contributed by atoms with Gasteiger partial charge < -0.3 is 17.7 Å². The standard InChI is InChI=1S/C12H32O4Si3/c1-9-13-11-17(3,4)15-19(7,8)16-18(5,6)12-14-10-2/h9-12H2,1-8H3. The van der Waals surface area contributed by atoms with Crippen LogP contribution in [-0.2, 0) is 17.7 Å². The van der Waals surface area contributed by atoms with Gasteiger partial charge >= 0.3 is 8.56 Å². The first-order chi connectivity index (χ1) is 8.54. The summed E-state index contributed by atoms with van der Waals surface area (Å²) in [6.45, 7) is 18.6. The van der Waals surface area contributed by atoms with Gasteiger partial charge in [-0.15, -0.1) is 0 Å². The second-order valence-electron chi connectivity index (χ2n) is 6.40. The highest BCUT2D eigenvalue weighted by Crippen LogP contribution is 2.20. The van der Waals surface area contributed by atoms with E-state index in [1.165, 1.54) is 0 Å². The van der Waals surface area contributed by atoms with E-state index in [4.69, 9.17) is 17.7 Å². The summed E-state index contributed by atoms with van der Waals surface area (Å²) in [4.78, 5) is 0. The van der Waals surface area contributed by atoms with Crippen LogP contribution >= 0.6 is 0 Å². The van der Waals surface area contributed by atoms with Crippen molar-refractivity contribution in [1.82, 2.24) is 0 Å². The minimum Gasteiger partial charge on any atom is -0.435 e. The SMILES string of the molecule is CCOC[Si](C)(C)O[Si](C)(C)O[Si](C)(C)COCC. The molecule has 0 N–H and O–H groups in total. The van der Waals surface area contributed by atoms with Crippen molar-refractivity contribution in [3.63, 3.8) is 0 Å². The van der Waals surface area contributed by atoms with E-state index in [2.05, 4.69) is 39.3 Å². The van der Waals surface area contributed by atoms with Crippen molar-refractivity contribution in [3.05, 3.63) is 0 Å². The van der Waals surface area contributed by atoms with Crippen molar-refractivity contribution in [2.24, 2.45) is 0 Å². The van der Waals surface area contributed by atoms with Crippen LogP contribution in [0.1, 0.15) is 13.8 Å². The molecular formula is C12H32O4Si3.